The van der Waals surface area contributed by atoms with E-state index < -0.39 is 0 Å². The van der Waals surface area contributed by atoms with Crippen LogP contribution in [-0.4, -0.2) is 38.1 Å². The largest absolute Gasteiger partial charge is 0.494 e. The van der Waals surface area contributed by atoms with Gasteiger partial charge in [0.25, 0.3) is 5.91 Å². The zero-order valence-corrected chi connectivity index (χ0v) is 24.2. The van der Waals surface area contributed by atoms with Gasteiger partial charge in [-0.05, 0) is 61.2 Å². The third kappa shape index (κ3) is 6.94. The molecule has 7 heteroatoms. The van der Waals surface area contributed by atoms with Crippen LogP contribution in [0.2, 0.25) is 0 Å². The second kappa shape index (κ2) is 13.8. The summed E-state index contributed by atoms with van der Waals surface area (Å²) >= 11 is 7.04. The van der Waals surface area contributed by atoms with Crippen LogP contribution in [0, 0.1) is 5.92 Å². The Balaban J connectivity index is 1.63. The first kappa shape index (κ1) is 28.1. The average Bonchev–Trinajstić information content (AvgIpc) is 3.48. The Labute approximate surface area is 236 Å². The maximum absolute atomic E-state index is 13.4. The molecule has 0 saturated carbocycles. The van der Waals surface area contributed by atoms with Crippen molar-refractivity contribution in [3.05, 3.63) is 71.3 Å². The smallest absolute Gasteiger partial charge is 0.266 e. The molecular formula is C31H37N3O2S2. The first-order valence-corrected chi connectivity index (χ1v) is 14.9. The van der Waals surface area contributed by atoms with E-state index in [2.05, 4.69) is 20.8 Å². The standard InChI is InChI=1S/C31H37N3O2S2/c1-4-7-12-23(6-3)21-33-30(35)28(38-31(33)37)20-25-22-34(26-13-10-9-11-14-26)32-29(25)24-15-17-27(18-16-24)36-19-8-5-2/h9-11,13-18,20,22-23H,4-8,12,19,21H2,1-3H3. The fourth-order valence-electron chi connectivity index (χ4n) is 4.45. The fraction of sp³-hybridized carbons (Fsp3) is 0.387. The third-order valence-electron chi connectivity index (χ3n) is 6.80. The highest BCUT2D eigenvalue weighted by atomic mass is 32.2. The Bertz CT molecular complexity index is 1250. The van der Waals surface area contributed by atoms with Gasteiger partial charge >= 0.3 is 0 Å². The predicted molar refractivity (Wildman–Crippen MR) is 163 cm³/mol. The molecule has 0 aliphatic carbocycles. The zero-order chi connectivity index (χ0) is 26.9. The molecule has 0 N–H and O–H groups in total. The molecule has 200 valence electrons. The van der Waals surface area contributed by atoms with Crippen LogP contribution in [0.1, 0.15) is 64.9 Å². The van der Waals surface area contributed by atoms with E-state index in [1.54, 1.807) is 4.90 Å². The van der Waals surface area contributed by atoms with Crippen LogP contribution in [0.15, 0.2) is 65.7 Å². The van der Waals surface area contributed by atoms with Gasteiger partial charge in [0.15, 0.2) is 0 Å². The minimum atomic E-state index is -0.00645. The lowest BCUT2D eigenvalue weighted by molar-refractivity contribution is -0.122. The molecule has 0 bridgehead atoms. The minimum Gasteiger partial charge on any atom is -0.494 e. The van der Waals surface area contributed by atoms with Gasteiger partial charge in [0.2, 0.25) is 0 Å². The van der Waals surface area contributed by atoms with Crippen LogP contribution < -0.4 is 4.74 Å². The summed E-state index contributed by atoms with van der Waals surface area (Å²) in [4.78, 5) is 15.9. The molecule has 1 aliphatic heterocycles. The maximum Gasteiger partial charge on any atom is 0.266 e. The van der Waals surface area contributed by atoms with Gasteiger partial charge in [-0.3, -0.25) is 9.69 Å². The number of carbonyl (C=O) groups excluding carboxylic acids is 1. The van der Waals surface area contributed by atoms with E-state index >= 15 is 0 Å². The van der Waals surface area contributed by atoms with Crippen molar-refractivity contribution in [2.24, 2.45) is 5.92 Å². The third-order valence-corrected chi connectivity index (χ3v) is 8.18. The Morgan fingerprint density at radius 2 is 1.76 bits per heavy atom. The quantitative estimate of drug-likeness (QED) is 0.123. The van der Waals surface area contributed by atoms with Crippen LogP contribution in [0.3, 0.4) is 0 Å². The molecule has 1 unspecified atom stereocenters. The molecule has 1 saturated heterocycles. The van der Waals surface area contributed by atoms with Gasteiger partial charge in [0.1, 0.15) is 10.1 Å². The predicted octanol–water partition coefficient (Wildman–Crippen LogP) is 8.14. The summed E-state index contributed by atoms with van der Waals surface area (Å²) in [7, 11) is 0. The molecule has 1 atom stereocenters. The van der Waals surface area contributed by atoms with Crippen LogP contribution in [0.5, 0.6) is 5.75 Å². The molecule has 1 fully saturated rings. The first-order valence-electron chi connectivity index (χ1n) is 13.7. The number of thiocarbonyl (C=S) groups is 1. The number of hydrogen-bond acceptors (Lipinski definition) is 5. The van der Waals surface area contributed by atoms with E-state index in [0.717, 1.165) is 60.4 Å². The normalized spacial score (nSPS) is 15.4. The van der Waals surface area contributed by atoms with Gasteiger partial charge in [-0.2, -0.15) is 5.10 Å². The number of nitrogens with zero attached hydrogens (tertiary/aromatic N) is 3. The summed E-state index contributed by atoms with van der Waals surface area (Å²) in [5.41, 5.74) is 3.62. The maximum atomic E-state index is 13.4. The molecular weight excluding hydrogens is 510 g/mol. The molecule has 4 rings (SSSR count). The number of aromatic nitrogens is 2. The summed E-state index contributed by atoms with van der Waals surface area (Å²) in [5.74, 6) is 1.31. The molecule has 1 aromatic heterocycles. The van der Waals surface area contributed by atoms with Gasteiger partial charge in [0, 0.05) is 23.9 Å². The van der Waals surface area contributed by atoms with Gasteiger partial charge in [-0.15, -0.1) is 0 Å². The first-order chi connectivity index (χ1) is 18.5. The molecule has 0 spiro atoms. The van der Waals surface area contributed by atoms with Gasteiger partial charge in [-0.25, -0.2) is 4.68 Å². The van der Waals surface area contributed by atoms with Crippen LogP contribution in [0.4, 0.5) is 0 Å². The minimum absolute atomic E-state index is 0.00645. The molecule has 38 heavy (non-hydrogen) atoms. The van der Waals surface area contributed by atoms with Crippen molar-refractivity contribution in [3.63, 3.8) is 0 Å². The van der Waals surface area contributed by atoms with E-state index in [0.29, 0.717) is 28.3 Å². The van der Waals surface area contributed by atoms with Crippen molar-refractivity contribution in [2.45, 2.75) is 59.3 Å². The lowest BCUT2D eigenvalue weighted by Gasteiger charge is -2.21. The lowest BCUT2D eigenvalue weighted by Crippen LogP contribution is -2.33. The monoisotopic (exact) mass is 547 g/mol. The highest BCUT2D eigenvalue weighted by Gasteiger charge is 2.33. The Hall–Kier alpha value is -2.90. The number of ether oxygens (including phenoxy) is 1. The van der Waals surface area contributed by atoms with Crippen LogP contribution >= 0.6 is 24.0 Å². The van der Waals surface area contributed by atoms with Crippen LogP contribution in [0.25, 0.3) is 23.0 Å². The second-order valence-corrected chi connectivity index (χ2v) is 11.3. The zero-order valence-electron chi connectivity index (χ0n) is 22.6. The Morgan fingerprint density at radius 1 is 1.03 bits per heavy atom. The summed E-state index contributed by atoms with van der Waals surface area (Å²) < 4.78 is 8.35. The number of hydrogen-bond donors (Lipinski definition) is 0. The summed E-state index contributed by atoms with van der Waals surface area (Å²) in [5, 5.41) is 4.92. The van der Waals surface area contributed by atoms with E-state index in [9.17, 15) is 4.79 Å². The van der Waals surface area contributed by atoms with Crippen molar-refractivity contribution in [2.75, 3.05) is 13.2 Å². The number of benzene rings is 2. The summed E-state index contributed by atoms with van der Waals surface area (Å²) in [6.07, 6.45) is 10.6. The SMILES string of the molecule is CCCCOc1ccc(-c2nn(-c3ccccc3)cc2C=C2SC(=S)N(CC(CC)CCCC)C2=O)cc1. The van der Waals surface area contributed by atoms with E-state index in [-0.39, 0.29) is 5.91 Å². The molecule has 3 aromatic rings. The number of carbonyl (C=O) groups is 1. The number of para-hydroxylation sites is 1. The second-order valence-electron chi connectivity index (χ2n) is 9.65. The number of rotatable bonds is 13. The summed E-state index contributed by atoms with van der Waals surface area (Å²) in [6, 6.07) is 18.0. The average molecular weight is 548 g/mol. The van der Waals surface area contributed by atoms with Gasteiger partial charge in [0.05, 0.1) is 22.9 Å². The summed E-state index contributed by atoms with van der Waals surface area (Å²) in [6.45, 7) is 7.95. The Kier molecular flexibility index (Phi) is 10.2. The van der Waals surface area contributed by atoms with Crippen molar-refractivity contribution in [3.8, 4) is 22.7 Å². The molecule has 5 nitrogen and oxygen atoms in total. The lowest BCUT2D eigenvalue weighted by atomic mass is 9.99. The van der Waals surface area contributed by atoms with E-state index in [1.165, 1.54) is 18.2 Å². The van der Waals surface area contributed by atoms with Crippen molar-refractivity contribution in [1.82, 2.24) is 14.7 Å². The molecule has 2 heterocycles. The number of amides is 1. The number of unbranched alkanes of at least 4 members (excludes halogenated alkanes) is 2. The topological polar surface area (TPSA) is 47.4 Å². The fourth-order valence-corrected chi connectivity index (χ4v) is 5.71. The molecule has 1 aliphatic rings. The number of thioether (sulfide) groups is 1. The van der Waals surface area contributed by atoms with Crippen molar-refractivity contribution in [1.29, 1.82) is 0 Å². The molecule has 0 radical (unpaired) electrons. The highest BCUT2D eigenvalue weighted by Crippen LogP contribution is 2.36. The van der Waals surface area contributed by atoms with Gasteiger partial charge < -0.3 is 4.74 Å². The van der Waals surface area contributed by atoms with Crippen LogP contribution in [-0.2, 0) is 4.79 Å². The Morgan fingerprint density at radius 3 is 2.45 bits per heavy atom. The van der Waals surface area contributed by atoms with E-state index in [4.69, 9.17) is 22.1 Å². The highest BCUT2D eigenvalue weighted by molar-refractivity contribution is 8.26. The van der Waals surface area contributed by atoms with Gasteiger partial charge in [-0.1, -0.05) is 88.6 Å². The van der Waals surface area contributed by atoms with Crippen molar-refractivity contribution >= 4 is 40.3 Å². The molecule has 1 amide bonds. The van der Waals surface area contributed by atoms with Crippen molar-refractivity contribution < 1.29 is 9.53 Å². The molecule has 2 aromatic carbocycles. The van der Waals surface area contributed by atoms with E-state index in [1.807, 2.05) is 71.6 Å².